The van der Waals surface area contributed by atoms with Crippen LogP contribution < -0.4 is 14.8 Å². The topological polar surface area (TPSA) is 84.5 Å². The highest BCUT2D eigenvalue weighted by Crippen LogP contribution is 2.24. The average Bonchev–Trinajstić information content (AvgIpc) is 2.66. The van der Waals surface area contributed by atoms with Gasteiger partial charge in [-0.25, -0.2) is 8.42 Å². The molecule has 0 atom stereocenters. The number of rotatable bonds is 6. The summed E-state index contributed by atoms with van der Waals surface area (Å²) in [6, 6.07) is 19.6. The molecular formula is C22H22N2O4S. The maximum Gasteiger partial charge on any atom is 0.255 e. The van der Waals surface area contributed by atoms with Crippen molar-refractivity contribution in [3.63, 3.8) is 0 Å². The van der Waals surface area contributed by atoms with Crippen molar-refractivity contribution < 1.29 is 17.9 Å². The van der Waals surface area contributed by atoms with Crippen LogP contribution in [0.2, 0.25) is 0 Å². The van der Waals surface area contributed by atoms with Gasteiger partial charge in [0.1, 0.15) is 11.5 Å². The summed E-state index contributed by atoms with van der Waals surface area (Å²) in [6.07, 6.45) is 1.07. The SMILES string of the molecule is Cc1ccc(Oc2ccc(NC(=O)c3ccc(C)c(NS(C)(=O)=O)c3)cc2)cc1. The van der Waals surface area contributed by atoms with Gasteiger partial charge >= 0.3 is 0 Å². The van der Waals surface area contributed by atoms with Crippen LogP contribution in [0.1, 0.15) is 21.5 Å². The van der Waals surface area contributed by atoms with Crippen molar-refractivity contribution in [2.45, 2.75) is 13.8 Å². The predicted molar refractivity (Wildman–Crippen MR) is 115 cm³/mol. The molecular weight excluding hydrogens is 388 g/mol. The monoisotopic (exact) mass is 410 g/mol. The molecule has 0 aliphatic heterocycles. The van der Waals surface area contributed by atoms with Crippen LogP contribution in [0.4, 0.5) is 11.4 Å². The largest absolute Gasteiger partial charge is 0.457 e. The maximum absolute atomic E-state index is 12.5. The normalized spacial score (nSPS) is 11.0. The Bertz CT molecular complexity index is 1120. The lowest BCUT2D eigenvalue weighted by molar-refractivity contribution is 0.102. The van der Waals surface area contributed by atoms with Gasteiger partial charge < -0.3 is 10.1 Å². The van der Waals surface area contributed by atoms with Crippen LogP contribution in [-0.4, -0.2) is 20.6 Å². The minimum atomic E-state index is -3.43. The molecule has 0 fully saturated rings. The van der Waals surface area contributed by atoms with Crippen LogP contribution in [0.15, 0.2) is 66.7 Å². The number of carbonyl (C=O) groups is 1. The molecule has 0 unspecified atom stereocenters. The highest BCUT2D eigenvalue weighted by Gasteiger charge is 2.11. The first kappa shape index (κ1) is 20.4. The number of hydrogen-bond acceptors (Lipinski definition) is 4. The van der Waals surface area contributed by atoms with E-state index in [2.05, 4.69) is 10.0 Å². The van der Waals surface area contributed by atoms with Crippen LogP contribution in [0, 0.1) is 13.8 Å². The Morgan fingerprint density at radius 2 is 1.45 bits per heavy atom. The van der Waals surface area contributed by atoms with Crippen molar-refractivity contribution in [1.82, 2.24) is 0 Å². The lowest BCUT2D eigenvalue weighted by Crippen LogP contribution is -2.14. The highest BCUT2D eigenvalue weighted by molar-refractivity contribution is 7.92. The molecule has 0 radical (unpaired) electrons. The van der Waals surface area contributed by atoms with E-state index in [0.29, 0.717) is 22.7 Å². The van der Waals surface area contributed by atoms with E-state index in [1.165, 1.54) is 6.07 Å². The van der Waals surface area contributed by atoms with Gasteiger partial charge in [-0.15, -0.1) is 0 Å². The van der Waals surface area contributed by atoms with Gasteiger partial charge in [0.15, 0.2) is 0 Å². The summed E-state index contributed by atoms with van der Waals surface area (Å²) in [5.41, 5.74) is 3.21. The molecule has 2 N–H and O–H groups in total. The van der Waals surface area contributed by atoms with Gasteiger partial charge in [0.05, 0.1) is 11.9 Å². The molecule has 3 rings (SSSR count). The molecule has 0 aliphatic rings. The number of amides is 1. The Labute approximate surface area is 170 Å². The van der Waals surface area contributed by atoms with Gasteiger partial charge in [-0.3, -0.25) is 9.52 Å². The van der Waals surface area contributed by atoms with E-state index in [-0.39, 0.29) is 5.91 Å². The first-order valence-corrected chi connectivity index (χ1v) is 10.8. The minimum absolute atomic E-state index is 0.339. The molecule has 0 saturated carbocycles. The Kier molecular flexibility index (Phi) is 5.89. The Balaban J connectivity index is 1.69. The van der Waals surface area contributed by atoms with E-state index >= 15 is 0 Å². The van der Waals surface area contributed by atoms with Crippen molar-refractivity contribution in [2.24, 2.45) is 0 Å². The van der Waals surface area contributed by atoms with Gasteiger partial charge in [-0.2, -0.15) is 0 Å². The van der Waals surface area contributed by atoms with Crippen LogP contribution in [-0.2, 0) is 10.0 Å². The molecule has 0 saturated heterocycles. The third-order valence-corrected chi connectivity index (χ3v) is 4.75. The zero-order valence-electron chi connectivity index (χ0n) is 16.4. The maximum atomic E-state index is 12.5. The third-order valence-electron chi connectivity index (χ3n) is 4.16. The Hall–Kier alpha value is -3.32. The average molecular weight is 410 g/mol. The molecule has 0 aliphatic carbocycles. The first-order valence-electron chi connectivity index (χ1n) is 8.94. The fourth-order valence-corrected chi connectivity index (χ4v) is 3.24. The quantitative estimate of drug-likeness (QED) is 0.616. The van der Waals surface area contributed by atoms with Crippen LogP contribution in [0.25, 0.3) is 0 Å². The zero-order valence-corrected chi connectivity index (χ0v) is 17.2. The van der Waals surface area contributed by atoms with Crippen molar-refractivity contribution in [3.8, 4) is 11.5 Å². The number of hydrogen-bond donors (Lipinski definition) is 2. The third kappa shape index (κ3) is 5.83. The van der Waals surface area contributed by atoms with Crippen molar-refractivity contribution >= 4 is 27.3 Å². The molecule has 7 heteroatoms. The molecule has 0 aromatic heterocycles. The lowest BCUT2D eigenvalue weighted by atomic mass is 10.1. The van der Waals surface area contributed by atoms with Crippen molar-refractivity contribution in [1.29, 1.82) is 0 Å². The van der Waals surface area contributed by atoms with E-state index in [1.807, 2.05) is 31.2 Å². The summed E-state index contributed by atoms with van der Waals surface area (Å²) < 4.78 is 31.2. The van der Waals surface area contributed by atoms with Crippen molar-refractivity contribution in [3.05, 3.63) is 83.4 Å². The van der Waals surface area contributed by atoms with Crippen LogP contribution in [0.3, 0.4) is 0 Å². The molecule has 0 spiro atoms. The summed E-state index contributed by atoms with van der Waals surface area (Å²) >= 11 is 0. The van der Waals surface area contributed by atoms with Gasteiger partial charge in [-0.1, -0.05) is 23.8 Å². The highest BCUT2D eigenvalue weighted by atomic mass is 32.2. The predicted octanol–water partition coefficient (Wildman–Crippen LogP) is 4.72. The molecule has 6 nitrogen and oxygen atoms in total. The first-order chi connectivity index (χ1) is 13.7. The molecule has 0 bridgehead atoms. The second-order valence-corrected chi connectivity index (χ2v) is 8.55. The fourth-order valence-electron chi connectivity index (χ4n) is 2.62. The summed E-state index contributed by atoms with van der Waals surface area (Å²) in [4.78, 5) is 12.5. The number of anilines is 2. The van der Waals surface area contributed by atoms with Crippen molar-refractivity contribution in [2.75, 3.05) is 16.3 Å². The van der Waals surface area contributed by atoms with E-state index in [4.69, 9.17) is 4.74 Å². The minimum Gasteiger partial charge on any atom is -0.457 e. The van der Waals surface area contributed by atoms with Gasteiger partial charge in [-0.05, 0) is 67.9 Å². The van der Waals surface area contributed by atoms with E-state index in [0.717, 1.165) is 23.1 Å². The second-order valence-electron chi connectivity index (χ2n) is 6.80. The molecule has 150 valence electrons. The molecule has 3 aromatic carbocycles. The van der Waals surface area contributed by atoms with Crippen LogP contribution >= 0.6 is 0 Å². The van der Waals surface area contributed by atoms with Gasteiger partial charge in [0, 0.05) is 11.3 Å². The molecule has 3 aromatic rings. The zero-order chi connectivity index (χ0) is 21.0. The van der Waals surface area contributed by atoms with E-state index in [1.54, 1.807) is 43.3 Å². The van der Waals surface area contributed by atoms with Crippen LogP contribution in [0.5, 0.6) is 11.5 Å². The Morgan fingerprint density at radius 1 is 0.862 bits per heavy atom. The van der Waals surface area contributed by atoms with Gasteiger partial charge in [0.25, 0.3) is 5.91 Å². The number of aryl methyl sites for hydroxylation is 2. The number of nitrogens with one attached hydrogen (secondary N) is 2. The fraction of sp³-hybridized carbons (Fsp3) is 0.136. The summed E-state index contributed by atoms with van der Waals surface area (Å²) in [5.74, 6) is 1.05. The lowest BCUT2D eigenvalue weighted by Gasteiger charge is -2.11. The second kappa shape index (κ2) is 8.36. The van der Waals surface area contributed by atoms with E-state index < -0.39 is 10.0 Å². The summed E-state index contributed by atoms with van der Waals surface area (Å²) in [6.45, 7) is 3.78. The summed E-state index contributed by atoms with van der Waals surface area (Å²) in [5, 5.41) is 2.79. The number of benzene rings is 3. The number of sulfonamides is 1. The smallest absolute Gasteiger partial charge is 0.255 e. The Morgan fingerprint density at radius 3 is 2.03 bits per heavy atom. The standard InChI is InChI=1S/C22H22N2O4S/c1-15-4-10-19(11-5-15)28-20-12-8-18(9-13-20)23-22(25)17-7-6-16(2)21(14-17)24-29(3,26)27/h4-14,24H,1-3H3,(H,23,25). The van der Waals surface area contributed by atoms with E-state index in [9.17, 15) is 13.2 Å². The number of carbonyl (C=O) groups excluding carboxylic acids is 1. The molecule has 29 heavy (non-hydrogen) atoms. The summed E-state index contributed by atoms with van der Waals surface area (Å²) in [7, 11) is -3.43. The molecule has 1 amide bonds. The van der Waals surface area contributed by atoms with Gasteiger partial charge in [0.2, 0.25) is 10.0 Å². The molecule has 0 heterocycles. The number of ether oxygens (including phenoxy) is 1.